The Bertz CT molecular complexity index is 726. The van der Waals surface area contributed by atoms with Crippen LogP contribution in [0, 0.1) is 12.3 Å². The van der Waals surface area contributed by atoms with Crippen molar-refractivity contribution in [2.24, 2.45) is 5.41 Å². The van der Waals surface area contributed by atoms with Gasteiger partial charge in [-0.2, -0.15) is 0 Å². The van der Waals surface area contributed by atoms with E-state index in [1.807, 2.05) is 32.1 Å². The van der Waals surface area contributed by atoms with Gasteiger partial charge in [0.1, 0.15) is 11.5 Å². The highest BCUT2D eigenvalue weighted by molar-refractivity contribution is 8.03. The summed E-state index contributed by atoms with van der Waals surface area (Å²) in [6.07, 6.45) is 5.05. The lowest BCUT2D eigenvalue weighted by molar-refractivity contribution is 0.420. The zero-order valence-corrected chi connectivity index (χ0v) is 18.3. The first-order valence-electron chi connectivity index (χ1n) is 8.99. The molecule has 144 valence electrons. The first-order valence-corrected chi connectivity index (χ1v) is 9.81. The van der Waals surface area contributed by atoms with Gasteiger partial charge in [0.25, 0.3) is 0 Å². The molecule has 0 heterocycles. The molecule has 0 saturated heterocycles. The first-order chi connectivity index (χ1) is 11.7. The number of aryl methyl sites for hydroxylation is 1. The number of aromatic hydroxyl groups is 1. The van der Waals surface area contributed by atoms with Crippen molar-refractivity contribution >= 4 is 11.8 Å². The summed E-state index contributed by atoms with van der Waals surface area (Å²) in [7, 11) is 0. The van der Waals surface area contributed by atoms with Crippen LogP contribution in [0.15, 0.2) is 52.0 Å². The van der Waals surface area contributed by atoms with E-state index in [2.05, 4.69) is 54.2 Å². The molecule has 0 unspecified atom stereocenters. The molecule has 0 fully saturated rings. The summed E-state index contributed by atoms with van der Waals surface area (Å²) in [4.78, 5) is 1.38. The fraction of sp³-hybridized carbons (Fsp3) is 0.478. The van der Waals surface area contributed by atoms with Crippen molar-refractivity contribution in [3.05, 3.63) is 58.2 Å². The van der Waals surface area contributed by atoms with Gasteiger partial charge in [0, 0.05) is 5.56 Å². The standard InChI is InChI=1S/C23H34O2S/c1-15(10-11-22(4,5)6)13-19(17(3)24)26-20-14-16(2)12-18(21(20)25)23(7,8)9/h10,12-14,24-25H,3,11H2,1-2,4-9H3/b15-10-,19-13+. The van der Waals surface area contributed by atoms with Gasteiger partial charge in [-0.25, -0.2) is 0 Å². The van der Waals surface area contributed by atoms with Crippen LogP contribution in [0.3, 0.4) is 0 Å². The van der Waals surface area contributed by atoms with E-state index in [-0.39, 0.29) is 22.3 Å². The molecular weight excluding hydrogens is 340 g/mol. The second-order valence-corrected chi connectivity index (χ2v) is 10.3. The summed E-state index contributed by atoms with van der Waals surface area (Å²) in [5.74, 6) is 0.285. The van der Waals surface area contributed by atoms with Crippen molar-refractivity contribution < 1.29 is 10.2 Å². The number of aliphatic hydroxyl groups is 1. The quantitative estimate of drug-likeness (QED) is 0.320. The number of phenols is 1. The van der Waals surface area contributed by atoms with Crippen molar-refractivity contribution in [2.45, 2.75) is 72.1 Å². The van der Waals surface area contributed by atoms with E-state index >= 15 is 0 Å². The maximum absolute atomic E-state index is 10.7. The molecule has 0 atom stereocenters. The van der Waals surface area contributed by atoms with Gasteiger partial charge in [-0.05, 0) is 48.8 Å². The molecule has 3 heteroatoms. The third kappa shape index (κ3) is 6.95. The predicted molar refractivity (Wildman–Crippen MR) is 115 cm³/mol. The first kappa shape index (κ1) is 22.4. The summed E-state index contributed by atoms with van der Waals surface area (Å²) in [5.41, 5.74) is 3.12. The molecule has 0 radical (unpaired) electrons. The number of rotatable bonds is 5. The van der Waals surface area contributed by atoms with E-state index in [9.17, 15) is 10.2 Å². The van der Waals surface area contributed by atoms with E-state index in [1.54, 1.807) is 0 Å². The zero-order valence-electron chi connectivity index (χ0n) is 17.5. The largest absolute Gasteiger partial charge is 0.507 e. The minimum atomic E-state index is -0.159. The second kappa shape index (κ2) is 8.39. The Morgan fingerprint density at radius 3 is 2.19 bits per heavy atom. The van der Waals surface area contributed by atoms with Crippen molar-refractivity contribution in [1.29, 1.82) is 0 Å². The highest BCUT2D eigenvalue weighted by Gasteiger charge is 2.22. The van der Waals surface area contributed by atoms with Crippen LogP contribution in [-0.4, -0.2) is 10.2 Å². The Hall–Kier alpha value is -1.61. The van der Waals surface area contributed by atoms with Gasteiger partial charge in [0.05, 0.1) is 9.80 Å². The summed E-state index contributed by atoms with van der Waals surface area (Å²) in [5, 5.41) is 20.8. The zero-order chi connectivity index (χ0) is 20.3. The van der Waals surface area contributed by atoms with Crippen molar-refractivity contribution in [2.75, 3.05) is 0 Å². The SMILES string of the molecule is C=C(O)/C(=C\C(C)=C/CC(C)(C)C)Sc1cc(C)cc(C(C)(C)C)c1O. The summed E-state index contributed by atoms with van der Waals surface area (Å²) in [6.45, 7) is 20.6. The van der Waals surface area contributed by atoms with Crippen LogP contribution in [0.1, 0.15) is 66.0 Å². The number of hydrogen-bond donors (Lipinski definition) is 2. The number of phenolic OH excluding ortho intramolecular Hbond substituents is 1. The maximum atomic E-state index is 10.7. The monoisotopic (exact) mass is 374 g/mol. The number of thioether (sulfide) groups is 1. The molecule has 1 rings (SSSR count). The average molecular weight is 375 g/mol. The van der Waals surface area contributed by atoms with Crippen LogP contribution in [0.25, 0.3) is 0 Å². The highest BCUT2D eigenvalue weighted by atomic mass is 32.2. The second-order valence-electron chi connectivity index (χ2n) is 9.18. The molecule has 0 bridgehead atoms. The molecular formula is C23H34O2S. The third-order valence-electron chi connectivity index (χ3n) is 3.93. The summed E-state index contributed by atoms with van der Waals surface area (Å²) < 4.78 is 0. The van der Waals surface area contributed by atoms with Gasteiger partial charge in [0.2, 0.25) is 0 Å². The van der Waals surface area contributed by atoms with Gasteiger partial charge in [0.15, 0.2) is 0 Å². The van der Waals surface area contributed by atoms with E-state index in [1.165, 1.54) is 11.8 Å². The van der Waals surface area contributed by atoms with Crippen LogP contribution in [0.5, 0.6) is 5.75 Å². The van der Waals surface area contributed by atoms with E-state index < -0.39 is 0 Å². The summed E-state index contributed by atoms with van der Waals surface area (Å²) >= 11 is 1.35. The molecule has 0 saturated carbocycles. The minimum Gasteiger partial charge on any atom is -0.507 e. The molecule has 0 aliphatic rings. The van der Waals surface area contributed by atoms with E-state index in [4.69, 9.17) is 0 Å². The Morgan fingerprint density at radius 1 is 1.15 bits per heavy atom. The average Bonchev–Trinajstić information content (AvgIpc) is 2.45. The summed E-state index contributed by atoms with van der Waals surface area (Å²) in [6, 6.07) is 3.96. The van der Waals surface area contributed by atoms with Crippen LogP contribution < -0.4 is 0 Å². The molecule has 0 aliphatic carbocycles. The van der Waals surface area contributed by atoms with Crippen LogP contribution >= 0.6 is 11.8 Å². The van der Waals surface area contributed by atoms with Crippen LogP contribution in [0.4, 0.5) is 0 Å². The third-order valence-corrected chi connectivity index (χ3v) is 5.03. The fourth-order valence-electron chi connectivity index (χ4n) is 2.42. The molecule has 26 heavy (non-hydrogen) atoms. The van der Waals surface area contributed by atoms with Gasteiger partial charge in [-0.3, -0.25) is 0 Å². The van der Waals surface area contributed by atoms with Gasteiger partial charge < -0.3 is 10.2 Å². The maximum Gasteiger partial charge on any atom is 0.133 e. The van der Waals surface area contributed by atoms with Crippen molar-refractivity contribution in [3.8, 4) is 5.75 Å². The fourth-order valence-corrected chi connectivity index (χ4v) is 3.47. The Morgan fingerprint density at radius 2 is 1.73 bits per heavy atom. The number of benzene rings is 1. The van der Waals surface area contributed by atoms with Crippen molar-refractivity contribution in [3.63, 3.8) is 0 Å². The molecule has 2 N–H and O–H groups in total. The normalized spacial score (nSPS) is 13.8. The molecule has 1 aromatic rings. The van der Waals surface area contributed by atoms with E-state index in [0.717, 1.165) is 28.0 Å². The Balaban J connectivity index is 3.26. The molecule has 1 aromatic carbocycles. The minimum absolute atomic E-state index is 0.0109. The topological polar surface area (TPSA) is 40.5 Å². The van der Waals surface area contributed by atoms with Gasteiger partial charge >= 0.3 is 0 Å². The smallest absolute Gasteiger partial charge is 0.133 e. The van der Waals surface area contributed by atoms with Crippen LogP contribution in [-0.2, 0) is 5.41 Å². The predicted octanol–water partition coefficient (Wildman–Crippen LogP) is 7.43. The number of allylic oxidation sites excluding steroid dienone is 3. The number of hydrogen-bond acceptors (Lipinski definition) is 3. The van der Waals surface area contributed by atoms with Gasteiger partial charge in [-0.1, -0.05) is 77.6 Å². The lowest BCUT2D eigenvalue weighted by atomic mass is 9.85. The van der Waals surface area contributed by atoms with E-state index in [0.29, 0.717) is 4.91 Å². The molecule has 0 amide bonds. The Kier molecular flexibility index (Phi) is 7.24. The van der Waals surface area contributed by atoms with Crippen LogP contribution in [0.2, 0.25) is 0 Å². The Labute approximate surface area is 163 Å². The highest BCUT2D eigenvalue weighted by Crippen LogP contribution is 2.42. The lowest BCUT2D eigenvalue weighted by Crippen LogP contribution is -2.12. The van der Waals surface area contributed by atoms with Gasteiger partial charge in [-0.15, -0.1) is 0 Å². The number of aliphatic hydroxyl groups excluding tert-OH is 1. The molecule has 0 aliphatic heterocycles. The molecule has 0 spiro atoms. The lowest BCUT2D eigenvalue weighted by Gasteiger charge is -2.23. The molecule has 0 aromatic heterocycles. The molecule has 2 nitrogen and oxygen atoms in total. The van der Waals surface area contributed by atoms with Crippen molar-refractivity contribution in [1.82, 2.24) is 0 Å².